The summed E-state index contributed by atoms with van der Waals surface area (Å²) in [7, 11) is 0. The molecule has 186 valence electrons. The van der Waals surface area contributed by atoms with Crippen LogP contribution in [0.4, 0.5) is 20.2 Å². The maximum atomic E-state index is 14.0. The monoisotopic (exact) mass is 506 g/mol. The highest BCUT2D eigenvalue weighted by molar-refractivity contribution is 8.00. The number of hydrogen-bond acceptors (Lipinski definition) is 5. The number of para-hydroxylation sites is 1. The Kier molecular flexibility index (Phi) is 7.34. The van der Waals surface area contributed by atoms with E-state index in [0.717, 1.165) is 40.7 Å². The molecule has 1 amide bonds. The number of nitrogens with zero attached hydrogens (tertiary/aromatic N) is 3. The molecule has 3 aromatic carbocycles. The zero-order valence-corrected chi connectivity index (χ0v) is 21.0. The van der Waals surface area contributed by atoms with Gasteiger partial charge in [-0.15, -0.1) is 0 Å². The molecule has 3 aromatic rings. The van der Waals surface area contributed by atoms with Crippen LogP contribution in [-0.2, 0) is 13.0 Å². The molecule has 8 heteroatoms. The number of piperazine rings is 1. The third kappa shape index (κ3) is 5.44. The first-order valence-corrected chi connectivity index (χ1v) is 12.9. The van der Waals surface area contributed by atoms with E-state index in [4.69, 9.17) is 0 Å². The third-order valence-corrected chi connectivity index (χ3v) is 7.53. The fourth-order valence-corrected chi connectivity index (χ4v) is 5.45. The van der Waals surface area contributed by atoms with Gasteiger partial charge in [0.15, 0.2) is 0 Å². The van der Waals surface area contributed by atoms with E-state index in [0.29, 0.717) is 43.9 Å². The smallest absolute Gasteiger partial charge is 0.253 e. The maximum Gasteiger partial charge on any atom is 0.253 e. The lowest BCUT2D eigenvalue weighted by Crippen LogP contribution is -2.48. The van der Waals surface area contributed by atoms with Crippen LogP contribution in [0.3, 0.4) is 0 Å². The molecule has 36 heavy (non-hydrogen) atoms. The van der Waals surface area contributed by atoms with Crippen LogP contribution in [-0.4, -0.2) is 48.1 Å². The van der Waals surface area contributed by atoms with E-state index in [2.05, 4.69) is 32.8 Å². The van der Waals surface area contributed by atoms with Crippen LogP contribution in [0, 0.1) is 18.6 Å². The number of aliphatic imine (C=N–C) groups is 1. The molecule has 2 heterocycles. The van der Waals surface area contributed by atoms with Crippen molar-refractivity contribution in [3.05, 3.63) is 88.5 Å². The minimum atomic E-state index is -0.574. The number of carbonyl (C=O) groups excluding carboxylic acids is 1. The zero-order chi connectivity index (χ0) is 25.1. The first-order valence-electron chi connectivity index (χ1n) is 12.1. The molecule has 2 aliphatic rings. The van der Waals surface area contributed by atoms with Crippen molar-refractivity contribution >= 4 is 35.4 Å². The minimum Gasteiger partial charge on any atom is -0.336 e. The highest BCUT2D eigenvalue weighted by Crippen LogP contribution is 2.36. The number of anilines is 1. The molecule has 2 aliphatic heterocycles. The van der Waals surface area contributed by atoms with Crippen molar-refractivity contribution in [3.63, 3.8) is 0 Å². The van der Waals surface area contributed by atoms with Crippen molar-refractivity contribution in [1.82, 2.24) is 9.80 Å². The Bertz CT molecular complexity index is 1300. The lowest BCUT2D eigenvalue weighted by molar-refractivity contribution is 0.0627. The summed E-state index contributed by atoms with van der Waals surface area (Å²) in [6, 6.07) is 15.7. The van der Waals surface area contributed by atoms with E-state index in [1.54, 1.807) is 0 Å². The van der Waals surface area contributed by atoms with E-state index in [-0.39, 0.29) is 5.91 Å². The van der Waals surface area contributed by atoms with Crippen molar-refractivity contribution in [2.75, 3.05) is 30.9 Å². The summed E-state index contributed by atoms with van der Waals surface area (Å²) in [4.78, 5) is 22.7. The summed E-state index contributed by atoms with van der Waals surface area (Å²) in [5.74, 6) is -1.11. The van der Waals surface area contributed by atoms with Crippen LogP contribution in [0.2, 0.25) is 0 Å². The number of nitrogens with one attached hydrogen (secondary N) is 1. The topological polar surface area (TPSA) is 47.9 Å². The molecule has 1 fully saturated rings. The largest absolute Gasteiger partial charge is 0.336 e. The van der Waals surface area contributed by atoms with Crippen molar-refractivity contribution in [1.29, 1.82) is 0 Å². The fraction of sp³-hybridized carbons (Fsp3) is 0.286. The van der Waals surface area contributed by atoms with Gasteiger partial charge in [0.25, 0.3) is 5.91 Å². The molecule has 0 aromatic heterocycles. The third-order valence-electron chi connectivity index (χ3n) is 6.66. The van der Waals surface area contributed by atoms with Gasteiger partial charge in [-0.1, -0.05) is 18.2 Å². The standard InChI is InChI=1S/C28H28F2N4OS/c1-19-16-21(8-10-25(19)32-36-26-6-2-4-20-5-3-11-31-27(20)26)28(35)34-14-12-33(13-15-34)18-22-7-9-23(29)17-24(22)30/h2,4,6-11,16-17,32H,3,5,12-15,18H2,1H3. The van der Waals surface area contributed by atoms with Gasteiger partial charge in [0.1, 0.15) is 11.6 Å². The van der Waals surface area contributed by atoms with Gasteiger partial charge in [-0.25, -0.2) is 8.78 Å². The van der Waals surface area contributed by atoms with Gasteiger partial charge in [-0.3, -0.25) is 14.7 Å². The summed E-state index contributed by atoms with van der Waals surface area (Å²) >= 11 is 1.54. The number of fused-ring (bicyclic) bond motifs is 1. The molecule has 5 rings (SSSR count). The molecular formula is C28H28F2N4OS. The van der Waals surface area contributed by atoms with Crippen molar-refractivity contribution in [2.45, 2.75) is 31.2 Å². The normalized spacial score (nSPS) is 15.6. The lowest BCUT2D eigenvalue weighted by Gasteiger charge is -2.35. The minimum absolute atomic E-state index is 0.00335. The molecule has 1 N–H and O–H groups in total. The molecule has 1 saturated heterocycles. The Morgan fingerprint density at radius 1 is 1.06 bits per heavy atom. The second-order valence-corrected chi connectivity index (χ2v) is 10.0. The van der Waals surface area contributed by atoms with E-state index >= 15 is 0 Å². The molecule has 0 atom stereocenters. The van der Waals surface area contributed by atoms with Gasteiger partial charge in [0.2, 0.25) is 0 Å². The van der Waals surface area contributed by atoms with Crippen molar-refractivity contribution < 1.29 is 13.6 Å². The van der Waals surface area contributed by atoms with Gasteiger partial charge < -0.3 is 9.62 Å². The molecule has 0 spiro atoms. The molecule has 5 nitrogen and oxygen atoms in total. The number of hydrogen-bond donors (Lipinski definition) is 1. The zero-order valence-electron chi connectivity index (χ0n) is 20.1. The summed E-state index contributed by atoms with van der Waals surface area (Å²) in [6.45, 7) is 4.81. The highest BCUT2D eigenvalue weighted by Gasteiger charge is 2.23. The van der Waals surface area contributed by atoms with E-state index in [1.807, 2.05) is 36.2 Å². The van der Waals surface area contributed by atoms with E-state index in [1.165, 1.54) is 29.6 Å². The Balaban J connectivity index is 1.17. The predicted molar refractivity (Wildman–Crippen MR) is 141 cm³/mol. The molecular weight excluding hydrogens is 478 g/mol. The van der Waals surface area contributed by atoms with Crippen LogP contribution in [0.1, 0.15) is 33.5 Å². The van der Waals surface area contributed by atoms with Crippen LogP contribution >= 0.6 is 11.9 Å². The average Bonchev–Trinajstić information content (AvgIpc) is 2.89. The number of carbonyl (C=O) groups is 1. The van der Waals surface area contributed by atoms with Gasteiger partial charge >= 0.3 is 0 Å². The van der Waals surface area contributed by atoms with E-state index in [9.17, 15) is 13.6 Å². The first-order chi connectivity index (χ1) is 17.5. The summed E-state index contributed by atoms with van der Waals surface area (Å²) < 4.78 is 30.6. The molecule has 0 aliphatic carbocycles. The Hall–Kier alpha value is -3.23. The van der Waals surface area contributed by atoms with Gasteiger partial charge in [-0.2, -0.15) is 0 Å². The highest BCUT2D eigenvalue weighted by atomic mass is 32.2. The number of rotatable bonds is 6. The quantitative estimate of drug-likeness (QED) is 0.417. The van der Waals surface area contributed by atoms with Crippen LogP contribution in [0.25, 0.3) is 0 Å². The number of aryl methyl sites for hydroxylation is 2. The van der Waals surface area contributed by atoms with Crippen LogP contribution in [0.5, 0.6) is 0 Å². The lowest BCUT2D eigenvalue weighted by atomic mass is 10.1. The van der Waals surface area contributed by atoms with Crippen LogP contribution in [0.15, 0.2) is 64.5 Å². The van der Waals surface area contributed by atoms with Crippen LogP contribution < -0.4 is 4.72 Å². The number of amides is 1. The Morgan fingerprint density at radius 2 is 1.89 bits per heavy atom. The maximum absolute atomic E-state index is 14.0. The molecule has 0 radical (unpaired) electrons. The Morgan fingerprint density at radius 3 is 2.67 bits per heavy atom. The molecule has 0 unspecified atom stereocenters. The Labute approximate surface area is 214 Å². The van der Waals surface area contributed by atoms with E-state index < -0.39 is 11.6 Å². The van der Waals surface area contributed by atoms with Crippen molar-refractivity contribution in [2.24, 2.45) is 4.99 Å². The average molecular weight is 507 g/mol. The van der Waals surface area contributed by atoms with Crippen molar-refractivity contribution in [3.8, 4) is 0 Å². The fourth-order valence-electron chi connectivity index (χ4n) is 4.58. The molecule has 0 saturated carbocycles. The second kappa shape index (κ2) is 10.8. The number of halogens is 2. The SMILES string of the molecule is Cc1cc(C(=O)N2CCN(Cc3ccc(F)cc3F)CC2)ccc1NSc1cccc2c1N=CCC2. The van der Waals surface area contributed by atoms with Gasteiger partial charge in [0.05, 0.1) is 10.6 Å². The summed E-state index contributed by atoms with van der Waals surface area (Å²) in [5, 5.41) is 0. The summed E-state index contributed by atoms with van der Waals surface area (Å²) in [6.07, 6.45) is 3.96. The second-order valence-electron chi connectivity index (χ2n) is 9.15. The summed E-state index contributed by atoms with van der Waals surface area (Å²) in [5.41, 5.74) is 5.38. The molecule has 0 bridgehead atoms. The first kappa shape index (κ1) is 24.5. The van der Waals surface area contributed by atoms with Gasteiger partial charge in [-0.05, 0) is 73.2 Å². The number of benzene rings is 3. The van der Waals surface area contributed by atoms with Gasteiger partial charge in [0, 0.05) is 61.8 Å². The predicted octanol–water partition coefficient (Wildman–Crippen LogP) is 6.00.